The van der Waals surface area contributed by atoms with Gasteiger partial charge in [0.05, 0.1) is 25.3 Å². The second-order valence-electron chi connectivity index (χ2n) is 6.30. The summed E-state index contributed by atoms with van der Waals surface area (Å²) in [5, 5.41) is 2.65. The Morgan fingerprint density at radius 1 is 0.893 bits per heavy atom. The SMILES string of the molecule is COC(=O)c1cc(NC(=O)[C@@H](C)Oc2ccc(C)cc2C)cc(C(=O)OC)c1. The van der Waals surface area contributed by atoms with E-state index in [0.29, 0.717) is 5.75 Å². The normalized spacial score (nSPS) is 11.3. The summed E-state index contributed by atoms with van der Waals surface area (Å²) in [6, 6.07) is 9.84. The highest BCUT2D eigenvalue weighted by molar-refractivity contribution is 6.00. The quantitative estimate of drug-likeness (QED) is 0.768. The molecule has 0 fully saturated rings. The third-order valence-electron chi connectivity index (χ3n) is 4.05. The van der Waals surface area contributed by atoms with Crippen LogP contribution in [0.15, 0.2) is 36.4 Å². The maximum Gasteiger partial charge on any atom is 0.337 e. The van der Waals surface area contributed by atoms with E-state index >= 15 is 0 Å². The third-order valence-corrected chi connectivity index (χ3v) is 4.05. The van der Waals surface area contributed by atoms with Crippen molar-refractivity contribution in [1.82, 2.24) is 0 Å². The molecule has 0 unspecified atom stereocenters. The average molecular weight is 385 g/mol. The van der Waals surface area contributed by atoms with Crippen LogP contribution in [0.25, 0.3) is 0 Å². The van der Waals surface area contributed by atoms with Gasteiger partial charge in [-0.05, 0) is 50.6 Å². The largest absolute Gasteiger partial charge is 0.481 e. The molecule has 0 spiro atoms. The molecular formula is C21H23NO6. The number of amides is 1. The summed E-state index contributed by atoms with van der Waals surface area (Å²) in [6.07, 6.45) is -0.801. The second kappa shape index (κ2) is 9.03. The molecule has 0 saturated carbocycles. The number of benzene rings is 2. The molecule has 2 aromatic rings. The van der Waals surface area contributed by atoms with Gasteiger partial charge in [0.1, 0.15) is 5.75 Å². The van der Waals surface area contributed by atoms with E-state index in [1.54, 1.807) is 6.92 Å². The fraction of sp³-hybridized carbons (Fsp3) is 0.286. The van der Waals surface area contributed by atoms with Crippen molar-refractivity contribution in [3.63, 3.8) is 0 Å². The minimum Gasteiger partial charge on any atom is -0.481 e. The van der Waals surface area contributed by atoms with Crippen LogP contribution in [-0.2, 0) is 14.3 Å². The van der Waals surface area contributed by atoms with Gasteiger partial charge >= 0.3 is 11.9 Å². The van der Waals surface area contributed by atoms with Gasteiger partial charge in [0.2, 0.25) is 0 Å². The summed E-state index contributed by atoms with van der Waals surface area (Å²) in [5.74, 6) is -1.11. The highest BCUT2D eigenvalue weighted by Gasteiger charge is 2.19. The maximum atomic E-state index is 12.5. The summed E-state index contributed by atoms with van der Waals surface area (Å²) < 4.78 is 15.1. The second-order valence-corrected chi connectivity index (χ2v) is 6.30. The fourth-order valence-electron chi connectivity index (χ4n) is 2.59. The van der Waals surface area contributed by atoms with E-state index in [0.717, 1.165) is 11.1 Å². The third kappa shape index (κ3) is 5.09. The predicted molar refractivity (Wildman–Crippen MR) is 104 cm³/mol. The molecule has 0 aliphatic carbocycles. The van der Waals surface area contributed by atoms with Gasteiger partial charge in [-0.2, -0.15) is 0 Å². The van der Waals surface area contributed by atoms with Crippen molar-refractivity contribution < 1.29 is 28.6 Å². The first-order valence-corrected chi connectivity index (χ1v) is 8.61. The van der Waals surface area contributed by atoms with Crippen molar-refractivity contribution in [1.29, 1.82) is 0 Å². The van der Waals surface area contributed by atoms with Gasteiger partial charge in [0.15, 0.2) is 6.10 Å². The highest BCUT2D eigenvalue weighted by Crippen LogP contribution is 2.21. The Morgan fingerprint density at radius 2 is 1.46 bits per heavy atom. The van der Waals surface area contributed by atoms with E-state index in [-0.39, 0.29) is 16.8 Å². The summed E-state index contributed by atoms with van der Waals surface area (Å²) >= 11 is 0. The molecule has 0 aromatic heterocycles. The van der Waals surface area contributed by atoms with Crippen LogP contribution in [0.4, 0.5) is 5.69 Å². The lowest BCUT2D eigenvalue weighted by atomic mass is 10.1. The molecule has 28 heavy (non-hydrogen) atoms. The molecule has 2 aromatic carbocycles. The zero-order valence-electron chi connectivity index (χ0n) is 16.5. The molecule has 0 bridgehead atoms. The Kier molecular flexibility index (Phi) is 6.76. The average Bonchev–Trinajstić information content (AvgIpc) is 2.68. The van der Waals surface area contributed by atoms with E-state index in [2.05, 4.69) is 14.8 Å². The summed E-state index contributed by atoms with van der Waals surface area (Å²) in [7, 11) is 2.45. The van der Waals surface area contributed by atoms with Crippen molar-refractivity contribution in [3.8, 4) is 5.75 Å². The topological polar surface area (TPSA) is 90.9 Å². The van der Waals surface area contributed by atoms with Gasteiger partial charge in [-0.3, -0.25) is 4.79 Å². The number of ether oxygens (including phenoxy) is 3. The van der Waals surface area contributed by atoms with Crippen molar-refractivity contribution in [2.24, 2.45) is 0 Å². The molecule has 0 aliphatic rings. The maximum absolute atomic E-state index is 12.5. The first-order valence-electron chi connectivity index (χ1n) is 8.61. The molecule has 1 N–H and O–H groups in total. The van der Waals surface area contributed by atoms with Crippen LogP contribution in [0.1, 0.15) is 38.8 Å². The van der Waals surface area contributed by atoms with Gasteiger partial charge in [0, 0.05) is 5.69 Å². The molecule has 1 amide bonds. The molecule has 0 radical (unpaired) electrons. The number of rotatable bonds is 6. The van der Waals surface area contributed by atoms with E-state index in [9.17, 15) is 14.4 Å². The lowest BCUT2D eigenvalue weighted by molar-refractivity contribution is -0.122. The van der Waals surface area contributed by atoms with Crippen molar-refractivity contribution >= 4 is 23.5 Å². The van der Waals surface area contributed by atoms with Crippen molar-refractivity contribution in [3.05, 3.63) is 58.7 Å². The summed E-state index contributed by atoms with van der Waals surface area (Å²) in [6.45, 7) is 5.48. The first kappa shape index (κ1) is 21.0. The van der Waals surface area contributed by atoms with Crippen LogP contribution in [0, 0.1) is 13.8 Å². The summed E-state index contributed by atoms with van der Waals surface area (Å²) in [5.41, 5.74) is 2.49. The lowest BCUT2D eigenvalue weighted by Crippen LogP contribution is -2.30. The first-order chi connectivity index (χ1) is 13.2. The zero-order chi connectivity index (χ0) is 20.8. The van der Waals surface area contributed by atoms with Gasteiger partial charge in [0.25, 0.3) is 5.91 Å². The molecule has 7 nitrogen and oxygen atoms in total. The van der Waals surface area contributed by atoms with E-state index < -0.39 is 23.9 Å². The van der Waals surface area contributed by atoms with Crippen LogP contribution >= 0.6 is 0 Å². The fourth-order valence-corrected chi connectivity index (χ4v) is 2.59. The Labute approximate surface area is 163 Å². The van der Waals surface area contributed by atoms with Crippen LogP contribution < -0.4 is 10.1 Å². The number of methoxy groups -OCH3 is 2. The van der Waals surface area contributed by atoms with E-state index in [1.165, 1.54) is 32.4 Å². The minimum atomic E-state index is -0.801. The Morgan fingerprint density at radius 3 is 1.96 bits per heavy atom. The van der Waals surface area contributed by atoms with Crippen LogP contribution in [0.3, 0.4) is 0 Å². The van der Waals surface area contributed by atoms with E-state index in [4.69, 9.17) is 4.74 Å². The van der Waals surface area contributed by atoms with Crippen molar-refractivity contribution in [2.75, 3.05) is 19.5 Å². The van der Waals surface area contributed by atoms with E-state index in [1.807, 2.05) is 32.0 Å². The number of esters is 2. The number of anilines is 1. The highest BCUT2D eigenvalue weighted by atomic mass is 16.5. The van der Waals surface area contributed by atoms with Gasteiger partial charge in [-0.15, -0.1) is 0 Å². The molecule has 2 rings (SSSR count). The lowest BCUT2D eigenvalue weighted by Gasteiger charge is -2.17. The number of carbonyl (C=O) groups is 3. The molecule has 1 atom stereocenters. The van der Waals surface area contributed by atoms with Gasteiger partial charge in [-0.25, -0.2) is 9.59 Å². The Bertz CT molecular complexity index is 872. The van der Waals surface area contributed by atoms with Crippen LogP contribution in [0.5, 0.6) is 5.75 Å². The zero-order valence-corrected chi connectivity index (χ0v) is 16.5. The Balaban J connectivity index is 2.21. The minimum absolute atomic E-state index is 0.114. The van der Waals surface area contributed by atoms with Crippen molar-refractivity contribution in [2.45, 2.75) is 26.9 Å². The standard InChI is InChI=1S/C21H23NO6/c1-12-6-7-18(13(2)8-12)28-14(3)19(23)22-17-10-15(20(24)26-4)9-16(11-17)21(25)27-5/h6-11,14H,1-5H3,(H,22,23)/t14-/m1/s1. The number of carbonyl (C=O) groups excluding carboxylic acids is 3. The molecule has 148 valence electrons. The number of hydrogen-bond acceptors (Lipinski definition) is 6. The monoisotopic (exact) mass is 385 g/mol. The summed E-state index contributed by atoms with van der Waals surface area (Å²) in [4.78, 5) is 36.2. The number of aryl methyl sites for hydroxylation is 2. The molecule has 0 saturated heterocycles. The molecular weight excluding hydrogens is 362 g/mol. The van der Waals surface area contributed by atoms with Gasteiger partial charge in [-0.1, -0.05) is 17.7 Å². The molecule has 0 aliphatic heterocycles. The number of nitrogens with one attached hydrogen (secondary N) is 1. The van der Waals surface area contributed by atoms with Gasteiger partial charge < -0.3 is 19.5 Å². The van der Waals surface area contributed by atoms with Crippen LogP contribution in [-0.4, -0.2) is 38.2 Å². The number of hydrogen-bond donors (Lipinski definition) is 1. The molecule has 7 heteroatoms. The van der Waals surface area contributed by atoms with Crippen LogP contribution in [0.2, 0.25) is 0 Å². The molecule has 0 heterocycles. The predicted octanol–water partition coefficient (Wildman–Crippen LogP) is 3.28. The Hall–Kier alpha value is -3.35. The smallest absolute Gasteiger partial charge is 0.337 e.